The van der Waals surface area contributed by atoms with Crippen LogP contribution in [0.3, 0.4) is 0 Å². The van der Waals surface area contributed by atoms with E-state index in [1.807, 2.05) is 4.90 Å². The maximum atomic E-state index is 17.2. The summed E-state index contributed by atoms with van der Waals surface area (Å²) in [4.78, 5) is 28.5. The number of phenols is 1. The van der Waals surface area contributed by atoms with E-state index in [0.717, 1.165) is 38.8 Å². The maximum Gasteiger partial charge on any atom is 0.508 e. The Labute approximate surface area is 270 Å². The van der Waals surface area contributed by atoms with Gasteiger partial charge in [-0.25, -0.2) is 13.6 Å². The summed E-state index contributed by atoms with van der Waals surface area (Å²) in [6.45, 7) is 4.07. The minimum atomic E-state index is -1.04. The first-order valence-electron chi connectivity index (χ1n) is 16.4. The summed E-state index contributed by atoms with van der Waals surface area (Å²) < 4.78 is 50.2. The Kier molecular flexibility index (Phi) is 7.55. The van der Waals surface area contributed by atoms with Crippen LogP contribution in [-0.4, -0.2) is 102 Å². The number of nitrogens with zero attached hydrogens (tertiary/aromatic N) is 5. The fraction of sp³-hybridized carbons (Fsp3) is 0.500. The molecule has 3 saturated heterocycles. The van der Waals surface area contributed by atoms with Crippen molar-refractivity contribution >= 4 is 34.8 Å². The van der Waals surface area contributed by atoms with Crippen molar-refractivity contribution < 1.29 is 32.9 Å². The van der Waals surface area contributed by atoms with Gasteiger partial charge in [-0.3, -0.25) is 4.90 Å². The minimum Gasteiger partial charge on any atom is -0.508 e. The van der Waals surface area contributed by atoms with E-state index in [9.17, 15) is 9.90 Å². The van der Waals surface area contributed by atoms with Crippen molar-refractivity contribution in [2.45, 2.75) is 49.8 Å². The zero-order valence-corrected chi connectivity index (χ0v) is 26.3. The lowest BCUT2D eigenvalue weighted by molar-refractivity contribution is 0.0279. The molecule has 2 unspecified atom stereocenters. The number of phenolic OH excluding ortho intramolecular Hbond substituents is 1. The van der Waals surface area contributed by atoms with Crippen LogP contribution in [0.15, 0.2) is 24.3 Å². The van der Waals surface area contributed by atoms with Gasteiger partial charge in [-0.1, -0.05) is 6.07 Å². The molecule has 6 bridgehead atoms. The zero-order valence-electron chi connectivity index (χ0n) is 26.3. The van der Waals surface area contributed by atoms with Gasteiger partial charge in [-0.05, 0) is 78.9 Å². The number of anilines is 1. The third-order valence-electron chi connectivity index (χ3n) is 10.4. The first-order valence-corrected chi connectivity index (χ1v) is 16.4. The van der Waals surface area contributed by atoms with E-state index in [1.54, 1.807) is 24.2 Å². The summed E-state index contributed by atoms with van der Waals surface area (Å²) in [5, 5.41) is 15.6. The van der Waals surface area contributed by atoms with Crippen LogP contribution in [-0.2, 0) is 15.9 Å². The molecule has 0 aliphatic carbocycles. The van der Waals surface area contributed by atoms with Crippen molar-refractivity contribution in [3.8, 4) is 11.8 Å². The summed E-state index contributed by atoms with van der Waals surface area (Å²) in [7, 11) is 1.74. The molecule has 0 radical (unpaired) electrons. The average molecular weight is 649 g/mol. The molecule has 248 valence electrons. The van der Waals surface area contributed by atoms with Gasteiger partial charge in [0.05, 0.1) is 23.9 Å². The van der Waals surface area contributed by atoms with Crippen molar-refractivity contribution in [3.63, 3.8) is 0 Å². The monoisotopic (exact) mass is 648 g/mol. The molecule has 0 amide bonds. The molecule has 2 atom stereocenters. The number of fused-ring (bicyclic) bond motifs is 6. The molecule has 2 aromatic carbocycles. The molecular weight excluding hydrogens is 610 g/mol. The first-order chi connectivity index (χ1) is 22.8. The van der Waals surface area contributed by atoms with Gasteiger partial charge in [-0.15, -0.1) is 0 Å². The van der Waals surface area contributed by atoms with Crippen LogP contribution in [0, 0.1) is 5.82 Å². The second-order valence-electron chi connectivity index (χ2n) is 13.2. The Balaban J connectivity index is 1.33. The number of carbonyl (C=O) groups excluding carboxylic acids is 1. The Morgan fingerprint density at radius 1 is 1.15 bits per heavy atom. The highest BCUT2D eigenvalue weighted by molar-refractivity contribution is 5.92. The first kappa shape index (κ1) is 30.1. The number of ether oxygens (including phenoxy) is 3. The second-order valence-corrected chi connectivity index (χ2v) is 13.2. The fourth-order valence-electron chi connectivity index (χ4n) is 8.20. The maximum absolute atomic E-state index is 17.2. The van der Waals surface area contributed by atoms with Crippen LogP contribution >= 0.6 is 0 Å². The van der Waals surface area contributed by atoms with Gasteiger partial charge in [0.25, 0.3) is 0 Å². The van der Waals surface area contributed by atoms with E-state index in [1.165, 1.54) is 18.2 Å². The average Bonchev–Trinajstić information content (AvgIpc) is 3.54. The number of hydrogen-bond acceptors (Lipinski definition) is 11. The van der Waals surface area contributed by atoms with E-state index in [-0.39, 0.29) is 47.8 Å². The molecule has 6 aliphatic heterocycles. The smallest absolute Gasteiger partial charge is 0.508 e. The molecule has 47 heavy (non-hydrogen) atoms. The number of halogens is 2. The highest BCUT2D eigenvalue weighted by Crippen LogP contribution is 2.41. The molecule has 3 aromatic rings. The summed E-state index contributed by atoms with van der Waals surface area (Å²) >= 11 is 0. The quantitative estimate of drug-likeness (QED) is 0.409. The number of aromatic hydroxyl groups is 1. The summed E-state index contributed by atoms with van der Waals surface area (Å²) in [5.74, 6) is -0.718. The standard InChI is InChI=1S/C34H38F2N6O5/c1-40-18-25-29-28(36)30(40)24-15-21(43)14-20-4-5-26(35)23(27(20)24)6-13-45-33(44)47-22-16-37-9-12-41(17-22)31(25)39-32(38-29)46-19-34-7-2-10-42(34)11-3-8-34/h4-5,14-15,18,22,30,37,43H,2-3,6-13,16-17,19H2,1H3. The predicted molar refractivity (Wildman–Crippen MR) is 170 cm³/mol. The molecule has 9 rings (SSSR count). The lowest BCUT2D eigenvalue weighted by Gasteiger charge is -2.33. The molecule has 1 aromatic heterocycles. The van der Waals surface area contributed by atoms with Crippen LogP contribution in [0.5, 0.6) is 11.8 Å². The topological polar surface area (TPSA) is 113 Å². The van der Waals surface area contributed by atoms with Crippen LogP contribution in [0.1, 0.15) is 42.9 Å². The van der Waals surface area contributed by atoms with Gasteiger partial charge in [0.2, 0.25) is 0 Å². The highest BCUT2D eigenvalue weighted by atomic mass is 19.1. The summed E-state index contributed by atoms with van der Waals surface area (Å²) in [6.07, 6.45) is 4.64. The lowest BCUT2D eigenvalue weighted by Crippen LogP contribution is -2.47. The van der Waals surface area contributed by atoms with E-state index in [2.05, 4.69) is 10.2 Å². The molecule has 0 saturated carbocycles. The molecule has 3 fully saturated rings. The normalized spacial score (nSPS) is 24.1. The third-order valence-corrected chi connectivity index (χ3v) is 10.4. The van der Waals surface area contributed by atoms with Crippen LogP contribution in [0.2, 0.25) is 0 Å². The van der Waals surface area contributed by atoms with Gasteiger partial charge in [0.1, 0.15) is 41.5 Å². The number of rotatable bonds is 3. The fourth-order valence-corrected chi connectivity index (χ4v) is 8.20. The molecule has 13 heteroatoms. The summed E-state index contributed by atoms with van der Waals surface area (Å²) in [5.41, 5.74) is 0.534. The van der Waals surface area contributed by atoms with Crippen molar-refractivity contribution in [2.24, 2.45) is 0 Å². The minimum absolute atomic E-state index is 0.0204. The number of aromatic nitrogens is 2. The van der Waals surface area contributed by atoms with Crippen molar-refractivity contribution in [1.82, 2.24) is 25.1 Å². The number of carbonyl (C=O) groups is 1. The van der Waals surface area contributed by atoms with E-state index >= 15 is 8.78 Å². The second kappa shape index (κ2) is 11.8. The summed E-state index contributed by atoms with van der Waals surface area (Å²) in [6, 6.07) is 4.86. The van der Waals surface area contributed by atoms with E-state index in [4.69, 9.17) is 24.2 Å². The van der Waals surface area contributed by atoms with Crippen LogP contribution in [0.25, 0.3) is 22.8 Å². The van der Waals surface area contributed by atoms with E-state index < -0.39 is 29.9 Å². The largest absolute Gasteiger partial charge is 0.508 e. The molecular formula is C34H38F2N6O5. The number of benzene rings is 2. The Bertz CT molecular complexity index is 1860. The van der Waals surface area contributed by atoms with Crippen LogP contribution < -0.4 is 25.5 Å². The highest BCUT2D eigenvalue weighted by Gasteiger charge is 2.45. The third kappa shape index (κ3) is 5.29. The Hall–Kier alpha value is -4.23. The lowest BCUT2D eigenvalue weighted by atomic mass is 9.91. The molecule has 6 aliphatic rings. The van der Waals surface area contributed by atoms with Crippen molar-refractivity contribution in [1.29, 1.82) is 0 Å². The molecule has 2 N–H and O–H groups in total. The van der Waals surface area contributed by atoms with Crippen molar-refractivity contribution in [2.75, 3.05) is 64.4 Å². The predicted octanol–water partition coefficient (Wildman–Crippen LogP) is 2.47. The molecule has 0 spiro atoms. The SMILES string of the molecule is CN1C=c2c3nc(OCC45CCCN4CCC5)nc2=C(F)C1c1cc(O)cc2ccc(F)c(c12)CCOC(=O)OC1CNCCN3C1. The Morgan fingerprint density at radius 2 is 1.98 bits per heavy atom. The zero-order chi connectivity index (χ0) is 32.3. The van der Waals surface area contributed by atoms with Gasteiger partial charge in [0, 0.05) is 39.3 Å². The van der Waals surface area contributed by atoms with Gasteiger partial charge in [0.15, 0.2) is 5.83 Å². The van der Waals surface area contributed by atoms with Crippen LogP contribution in [0.4, 0.5) is 19.4 Å². The van der Waals surface area contributed by atoms with Crippen molar-refractivity contribution in [3.05, 3.63) is 51.8 Å². The Morgan fingerprint density at radius 3 is 2.81 bits per heavy atom. The number of nitrogens with one attached hydrogen (secondary N) is 1. The molecule has 11 nitrogen and oxygen atoms in total. The van der Waals surface area contributed by atoms with Gasteiger partial charge in [-0.2, -0.15) is 9.97 Å². The molecule has 7 heterocycles. The van der Waals surface area contributed by atoms with Gasteiger partial charge >= 0.3 is 12.2 Å². The van der Waals surface area contributed by atoms with Gasteiger partial charge < -0.3 is 34.4 Å². The van der Waals surface area contributed by atoms with E-state index in [0.29, 0.717) is 53.6 Å². The number of hydrogen-bond donors (Lipinski definition) is 2.